The molecule has 4 aromatic rings. The number of carbonyl (C=O) groups is 1. The van der Waals surface area contributed by atoms with Crippen molar-refractivity contribution >= 4 is 27.5 Å². The van der Waals surface area contributed by atoms with Crippen molar-refractivity contribution in [2.45, 2.75) is 20.0 Å². The zero-order valence-electron chi connectivity index (χ0n) is 15.0. The molecule has 136 valence electrons. The number of aromatic nitrogens is 5. The van der Waals surface area contributed by atoms with Gasteiger partial charge < -0.3 is 4.90 Å². The third-order valence-corrected chi connectivity index (χ3v) is 5.20. The molecule has 0 saturated heterocycles. The van der Waals surface area contributed by atoms with E-state index in [2.05, 4.69) is 20.4 Å². The highest BCUT2D eigenvalue weighted by Gasteiger charge is 2.15. The number of rotatable bonds is 5. The number of nitrogens with zero attached hydrogens (tertiary/aromatic N) is 6. The van der Waals surface area contributed by atoms with Gasteiger partial charge in [-0.2, -0.15) is 4.80 Å². The molecule has 4 rings (SSSR count). The molecule has 8 heteroatoms. The van der Waals surface area contributed by atoms with Gasteiger partial charge in [0.2, 0.25) is 11.7 Å². The van der Waals surface area contributed by atoms with Crippen LogP contribution in [-0.4, -0.2) is 43.0 Å². The maximum Gasteiger partial charge on any atom is 0.246 e. The van der Waals surface area contributed by atoms with E-state index >= 15 is 0 Å². The van der Waals surface area contributed by atoms with Gasteiger partial charge in [-0.1, -0.05) is 42.0 Å². The molecule has 0 aliphatic carbocycles. The van der Waals surface area contributed by atoms with Crippen molar-refractivity contribution in [3.8, 4) is 11.4 Å². The Morgan fingerprint density at radius 3 is 2.70 bits per heavy atom. The highest BCUT2D eigenvalue weighted by molar-refractivity contribution is 7.18. The molecule has 2 heterocycles. The number of hydrogen-bond donors (Lipinski definition) is 0. The molecule has 0 aliphatic heterocycles. The number of hydrogen-bond acceptors (Lipinski definition) is 6. The Bertz CT molecular complexity index is 1050. The van der Waals surface area contributed by atoms with Crippen LogP contribution in [0.4, 0.5) is 0 Å². The first kappa shape index (κ1) is 17.3. The lowest BCUT2D eigenvalue weighted by Gasteiger charge is -2.14. The topological polar surface area (TPSA) is 76.8 Å². The summed E-state index contributed by atoms with van der Waals surface area (Å²) in [5, 5.41) is 13.2. The third-order valence-electron chi connectivity index (χ3n) is 4.18. The van der Waals surface area contributed by atoms with Crippen molar-refractivity contribution in [1.29, 1.82) is 0 Å². The summed E-state index contributed by atoms with van der Waals surface area (Å²) in [6, 6.07) is 15.8. The zero-order chi connectivity index (χ0) is 18.8. The van der Waals surface area contributed by atoms with Gasteiger partial charge in [0, 0.05) is 12.6 Å². The quantitative estimate of drug-likeness (QED) is 0.534. The van der Waals surface area contributed by atoms with Crippen molar-refractivity contribution in [2.75, 3.05) is 7.05 Å². The van der Waals surface area contributed by atoms with Gasteiger partial charge in [0.25, 0.3) is 0 Å². The molecule has 0 N–H and O–H groups in total. The van der Waals surface area contributed by atoms with Crippen LogP contribution in [0.3, 0.4) is 0 Å². The average Bonchev–Trinajstić information content (AvgIpc) is 3.28. The Hall–Kier alpha value is -3.13. The summed E-state index contributed by atoms with van der Waals surface area (Å²) in [5.41, 5.74) is 3.00. The Balaban J connectivity index is 1.41. The maximum atomic E-state index is 12.5. The summed E-state index contributed by atoms with van der Waals surface area (Å²) < 4.78 is 1.12. The number of aryl methyl sites for hydroxylation is 1. The highest BCUT2D eigenvalue weighted by atomic mass is 32.1. The number of amides is 1. The van der Waals surface area contributed by atoms with E-state index in [9.17, 15) is 4.79 Å². The van der Waals surface area contributed by atoms with Crippen LogP contribution in [-0.2, 0) is 17.9 Å². The Morgan fingerprint density at radius 2 is 1.93 bits per heavy atom. The molecule has 2 aromatic carbocycles. The van der Waals surface area contributed by atoms with E-state index in [1.54, 1.807) is 23.3 Å². The fourth-order valence-corrected chi connectivity index (χ4v) is 3.67. The minimum absolute atomic E-state index is 0.0419. The molecule has 0 radical (unpaired) electrons. The van der Waals surface area contributed by atoms with Crippen LogP contribution >= 0.6 is 11.3 Å². The van der Waals surface area contributed by atoms with Crippen molar-refractivity contribution < 1.29 is 4.79 Å². The number of para-hydroxylation sites is 1. The Morgan fingerprint density at radius 1 is 1.15 bits per heavy atom. The van der Waals surface area contributed by atoms with E-state index in [0.717, 1.165) is 26.4 Å². The number of carbonyl (C=O) groups excluding carboxylic acids is 1. The highest BCUT2D eigenvalue weighted by Crippen LogP contribution is 2.22. The van der Waals surface area contributed by atoms with Crippen LogP contribution in [0.2, 0.25) is 0 Å². The largest absolute Gasteiger partial charge is 0.337 e. The summed E-state index contributed by atoms with van der Waals surface area (Å²) >= 11 is 1.60. The van der Waals surface area contributed by atoms with E-state index in [1.165, 1.54) is 4.80 Å². The number of benzene rings is 2. The van der Waals surface area contributed by atoms with Gasteiger partial charge >= 0.3 is 0 Å². The summed E-state index contributed by atoms with van der Waals surface area (Å²) in [6.07, 6.45) is 0. The second kappa shape index (κ2) is 7.24. The molecule has 0 fully saturated rings. The van der Waals surface area contributed by atoms with Crippen molar-refractivity contribution in [3.63, 3.8) is 0 Å². The van der Waals surface area contributed by atoms with Gasteiger partial charge in [-0.15, -0.1) is 21.5 Å². The lowest BCUT2D eigenvalue weighted by atomic mass is 10.1. The molecule has 0 spiro atoms. The third kappa shape index (κ3) is 3.85. The van der Waals surface area contributed by atoms with Gasteiger partial charge in [-0.05, 0) is 24.3 Å². The fourth-order valence-electron chi connectivity index (χ4n) is 2.65. The molecule has 1 amide bonds. The predicted octanol–water partition coefficient (Wildman–Crippen LogP) is 2.92. The monoisotopic (exact) mass is 378 g/mol. The molecule has 0 atom stereocenters. The minimum Gasteiger partial charge on any atom is -0.337 e. The van der Waals surface area contributed by atoms with Crippen molar-refractivity contribution in [2.24, 2.45) is 0 Å². The molecule has 2 aromatic heterocycles. The second-order valence-corrected chi connectivity index (χ2v) is 7.45. The molecular weight excluding hydrogens is 360 g/mol. The van der Waals surface area contributed by atoms with Crippen LogP contribution in [0, 0.1) is 6.92 Å². The van der Waals surface area contributed by atoms with E-state index < -0.39 is 0 Å². The molecule has 0 aliphatic rings. The van der Waals surface area contributed by atoms with Crippen LogP contribution in [0.1, 0.15) is 10.6 Å². The fraction of sp³-hybridized carbons (Fsp3) is 0.211. The summed E-state index contributed by atoms with van der Waals surface area (Å²) in [7, 11) is 1.76. The van der Waals surface area contributed by atoms with Gasteiger partial charge in [0.15, 0.2) is 0 Å². The van der Waals surface area contributed by atoms with Gasteiger partial charge in [-0.3, -0.25) is 4.79 Å². The lowest BCUT2D eigenvalue weighted by molar-refractivity contribution is -0.131. The Labute approximate surface area is 160 Å². The summed E-state index contributed by atoms with van der Waals surface area (Å²) in [4.78, 5) is 20.0. The van der Waals surface area contributed by atoms with E-state index in [-0.39, 0.29) is 12.5 Å². The first-order chi connectivity index (χ1) is 13.1. The molecular formula is C19H18N6OS. The zero-order valence-corrected chi connectivity index (χ0v) is 15.8. The standard InChI is InChI=1S/C19H18N6OS/c1-13-7-9-14(10-8-13)19-21-23-25(22-19)12-18(26)24(2)11-17-20-15-5-3-4-6-16(15)27-17/h3-10H,11-12H2,1-2H3. The normalized spacial score (nSPS) is 11.0. The number of likely N-dealkylation sites (N-methyl/N-ethyl adjacent to an activating group) is 1. The van der Waals surface area contributed by atoms with E-state index in [0.29, 0.717) is 12.4 Å². The summed E-state index contributed by atoms with van der Waals surface area (Å²) in [6.45, 7) is 2.52. The van der Waals surface area contributed by atoms with Gasteiger partial charge in [-0.25, -0.2) is 4.98 Å². The van der Waals surface area contributed by atoms with Crippen molar-refractivity contribution in [3.05, 3.63) is 59.1 Å². The van der Waals surface area contributed by atoms with E-state index in [4.69, 9.17) is 0 Å². The maximum absolute atomic E-state index is 12.5. The molecule has 0 saturated carbocycles. The van der Waals surface area contributed by atoms with Crippen LogP contribution in [0.5, 0.6) is 0 Å². The first-order valence-corrected chi connectivity index (χ1v) is 9.33. The first-order valence-electron chi connectivity index (χ1n) is 8.52. The van der Waals surface area contributed by atoms with Gasteiger partial charge in [0.1, 0.15) is 11.6 Å². The van der Waals surface area contributed by atoms with Crippen LogP contribution in [0.25, 0.3) is 21.6 Å². The summed E-state index contributed by atoms with van der Waals surface area (Å²) in [5.74, 6) is 0.415. The number of thiazole rings is 1. The predicted molar refractivity (Wildman–Crippen MR) is 104 cm³/mol. The molecule has 0 bridgehead atoms. The Kier molecular flexibility index (Phi) is 4.64. The number of tetrazole rings is 1. The smallest absolute Gasteiger partial charge is 0.246 e. The lowest BCUT2D eigenvalue weighted by Crippen LogP contribution is -2.30. The molecule has 27 heavy (non-hydrogen) atoms. The second-order valence-electron chi connectivity index (χ2n) is 6.33. The molecule has 0 unspecified atom stereocenters. The average molecular weight is 378 g/mol. The van der Waals surface area contributed by atoms with E-state index in [1.807, 2.05) is 55.5 Å². The minimum atomic E-state index is -0.0953. The number of fused-ring (bicyclic) bond motifs is 1. The van der Waals surface area contributed by atoms with Crippen molar-refractivity contribution in [1.82, 2.24) is 30.1 Å². The van der Waals surface area contributed by atoms with Gasteiger partial charge in [0.05, 0.1) is 16.8 Å². The van der Waals surface area contributed by atoms with Crippen LogP contribution < -0.4 is 0 Å². The van der Waals surface area contributed by atoms with Crippen LogP contribution in [0.15, 0.2) is 48.5 Å². The SMILES string of the molecule is Cc1ccc(-c2nnn(CC(=O)N(C)Cc3nc4ccccc4s3)n2)cc1. The molecule has 7 nitrogen and oxygen atoms in total.